The smallest absolute Gasteiger partial charge is 0.157 e. The van der Waals surface area contributed by atoms with Gasteiger partial charge >= 0.3 is 0 Å². The number of rotatable bonds is 5. The summed E-state index contributed by atoms with van der Waals surface area (Å²) >= 11 is 0. The van der Waals surface area contributed by atoms with Crippen LogP contribution in [0.1, 0.15) is 30.5 Å². The van der Waals surface area contributed by atoms with Crippen molar-refractivity contribution in [3.8, 4) is 0 Å². The number of hydrogen-bond acceptors (Lipinski definition) is 4. The molecule has 1 atom stereocenters. The molecule has 1 saturated heterocycles. The van der Waals surface area contributed by atoms with Crippen LogP contribution in [0.3, 0.4) is 0 Å². The van der Waals surface area contributed by atoms with Crippen LogP contribution < -0.4 is 4.90 Å². The number of piperazine rings is 1. The maximum atomic E-state index is 12.2. The highest BCUT2D eigenvalue weighted by Crippen LogP contribution is 2.40. The SMILES string of the molecule is Cc1ccc(CN2CCN(C(C=O)N3c4ccccc4CC3(C)C)CC2)cc1. The summed E-state index contributed by atoms with van der Waals surface area (Å²) in [5.74, 6) is 0. The average Bonchev–Trinajstić information content (AvgIpc) is 2.96. The van der Waals surface area contributed by atoms with Crippen molar-refractivity contribution in [3.05, 3.63) is 65.2 Å². The number of aldehydes is 1. The first kappa shape index (κ1) is 19.2. The van der Waals surface area contributed by atoms with Crippen LogP contribution in [-0.4, -0.2) is 54.0 Å². The summed E-state index contributed by atoms with van der Waals surface area (Å²) in [6.45, 7) is 11.4. The van der Waals surface area contributed by atoms with E-state index in [-0.39, 0.29) is 11.7 Å². The molecular formula is C24H31N3O. The highest BCUT2D eigenvalue weighted by Gasteiger charge is 2.42. The molecule has 0 N–H and O–H groups in total. The van der Waals surface area contributed by atoms with E-state index >= 15 is 0 Å². The first-order valence-corrected chi connectivity index (χ1v) is 10.3. The zero-order chi connectivity index (χ0) is 19.7. The lowest BCUT2D eigenvalue weighted by molar-refractivity contribution is -0.113. The Balaban J connectivity index is 1.44. The number of hydrogen-bond donors (Lipinski definition) is 0. The van der Waals surface area contributed by atoms with Crippen molar-refractivity contribution in [2.45, 2.75) is 45.4 Å². The Kier molecular flexibility index (Phi) is 5.26. The number of carbonyl (C=O) groups is 1. The lowest BCUT2D eigenvalue weighted by Gasteiger charge is -2.46. The quantitative estimate of drug-likeness (QED) is 0.746. The van der Waals surface area contributed by atoms with Crippen LogP contribution in [-0.2, 0) is 17.8 Å². The second-order valence-corrected chi connectivity index (χ2v) is 8.84. The molecule has 0 spiro atoms. The Morgan fingerprint density at radius 1 is 1.00 bits per heavy atom. The third-order valence-electron chi connectivity index (χ3n) is 6.22. The van der Waals surface area contributed by atoms with Gasteiger partial charge in [-0.1, -0.05) is 48.0 Å². The van der Waals surface area contributed by atoms with Crippen LogP contribution in [0.25, 0.3) is 0 Å². The predicted molar refractivity (Wildman–Crippen MR) is 115 cm³/mol. The zero-order valence-corrected chi connectivity index (χ0v) is 17.3. The van der Waals surface area contributed by atoms with Gasteiger partial charge in [-0.2, -0.15) is 0 Å². The second-order valence-electron chi connectivity index (χ2n) is 8.84. The van der Waals surface area contributed by atoms with Crippen LogP contribution in [0.5, 0.6) is 0 Å². The number of para-hydroxylation sites is 1. The van der Waals surface area contributed by atoms with Gasteiger partial charge in [0, 0.05) is 44.0 Å². The van der Waals surface area contributed by atoms with Crippen molar-refractivity contribution >= 4 is 12.0 Å². The fourth-order valence-corrected chi connectivity index (χ4v) is 4.72. The fourth-order valence-electron chi connectivity index (χ4n) is 4.72. The number of carbonyl (C=O) groups excluding carboxylic acids is 1. The Morgan fingerprint density at radius 2 is 1.68 bits per heavy atom. The fraction of sp³-hybridized carbons (Fsp3) is 0.458. The number of anilines is 1. The third-order valence-corrected chi connectivity index (χ3v) is 6.22. The lowest BCUT2D eigenvalue weighted by Crippen LogP contribution is -2.60. The van der Waals surface area contributed by atoms with Crippen LogP contribution in [0.2, 0.25) is 0 Å². The van der Waals surface area contributed by atoms with Crippen molar-refractivity contribution in [1.29, 1.82) is 0 Å². The Hall–Kier alpha value is -2.17. The topological polar surface area (TPSA) is 26.8 Å². The first-order valence-electron chi connectivity index (χ1n) is 10.3. The largest absolute Gasteiger partial charge is 0.344 e. The molecule has 2 aromatic rings. The van der Waals surface area contributed by atoms with Gasteiger partial charge in [0.05, 0.1) is 0 Å². The standard InChI is InChI=1S/C24H31N3O/c1-19-8-10-20(11-9-19)17-25-12-14-26(15-13-25)23(18-28)27-22-7-5-4-6-21(22)16-24(27,2)3/h4-11,18,23H,12-17H2,1-3H3. The molecule has 0 radical (unpaired) electrons. The normalized spacial score (nSPS) is 20.8. The summed E-state index contributed by atoms with van der Waals surface area (Å²) < 4.78 is 0. The molecule has 2 aromatic carbocycles. The lowest BCUT2D eigenvalue weighted by atomic mass is 9.99. The molecule has 0 bridgehead atoms. The van der Waals surface area contributed by atoms with E-state index in [1.54, 1.807) is 0 Å². The summed E-state index contributed by atoms with van der Waals surface area (Å²) in [5.41, 5.74) is 5.18. The molecule has 0 aromatic heterocycles. The van der Waals surface area contributed by atoms with Crippen molar-refractivity contribution in [2.24, 2.45) is 0 Å². The number of aryl methyl sites for hydroxylation is 1. The van der Waals surface area contributed by atoms with Gasteiger partial charge in [-0.3, -0.25) is 14.6 Å². The Morgan fingerprint density at radius 3 is 2.36 bits per heavy atom. The predicted octanol–water partition coefficient (Wildman–Crippen LogP) is 3.48. The van der Waals surface area contributed by atoms with Crippen LogP contribution >= 0.6 is 0 Å². The van der Waals surface area contributed by atoms with E-state index < -0.39 is 0 Å². The molecule has 2 heterocycles. The Bertz CT molecular complexity index is 822. The molecule has 28 heavy (non-hydrogen) atoms. The minimum absolute atomic E-state index is 0.0473. The first-order chi connectivity index (χ1) is 13.5. The van der Waals surface area contributed by atoms with Gasteiger partial charge in [0.25, 0.3) is 0 Å². The molecule has 0 amide bonds. The van der Waals surface area contributed by atoms with Crippen LogP contribution in [0.15, 0.2) is 48.5 Å². The summed E-state index contributed by atoms with van der Waals surface area (Å²) in [6.07, 6.45) is 1.93. The summed E-state index contributed by atoms with van der Waals surface area (Å²) in [4.78, 5) is 19.4. The van der Waals surface area contributed by atoms with Gasteiger partial charge < -0.3 is 4.90 Å². The molecule has 2 aliphatic rings. The van der Waals surface area contributed by atoms with E-state index in [2.05, 4.69) is 84.0 Å². The van der Waals surface area contributed by atoms with Crippen molar-refractivity contribution in [2.75, 3.05) is 31.1 Å². The molecule has 4 heteroatoms. The second kappa shape index (κ2) is 7.69. The molecule has 1 fully saturated rings. The summed E-state index contributed by atoms with van der Waals surface area (Å²) in [5, 5.41) is 0. The molecule has 0 saturated carbocycles. The highest BCUT2D eigenvalue weighted by atomic mass is 16.1. The van der Waals surface area contributed by atoms with Gasteiger partial charge in [0.15, 0.2) is 6.29 Å². The highest BCUT2D eigenvalue weighted by molar-refractivity contribution is 5.71. The van der Waals surface area contributed by atoms with Crippen LogP contribution in [0, 0.1) is 6.92 Å². The number of benzene rings is 2. The molecular weight excluding hydrogens is 346 g/mol. The minimum Gasteiger partial charge on any atom is -0.344 e. The molecule has 148 valence electrons. The summed E-state index contributed by atoms with van der Waals surface area (Å²) in [7, 11) is 0. The van der Waals surface area contributed by atoms with E-state index in [4.69, 9.17) is 0 Å². The summed E-state index contributed by atoms with van der Waals surface area (Å²) in [6, 6.07) is 17.3. The molecule has 4 nitrogen and oxygen atoms in total. The van der Waals surface area contributed by atoms with Crippen molar-refractivity contribution < 1.29 is 4.79 Å². The number of nitrogens with zero attached hydrogens (tertiary/aromatic N) is 3. The van der Waals surface area contributed by atoms with E-state index in [0.717, 1.165) is 45.4 Å². The van der Waals surface area contributed by atoms with Gasteiger partial charge in [-0.25, -0.2) is 0 Å². The van der Waals surface area contributed by atoms with E-state index in [1.807, 2.05) is 0 Å². The van der Waals surface area contributed by atoms with E-state index in [9.17, 15) is 4.79 Å². The third kappa shape index (κ3) is 3.71. The van der Waals surface area contributed by atoms with Crippen molar-refractivity contribution in [3.63, 3.8) is 0 Å². The molecule has 0 aliphatic carbocycles. The van der Waals surface area contributed by atoms with E-state index in [1.165, 1.54) is 22.4 Å². The van der Waals surface area contributed by atoms with Crippen molar-refractivity contribution in [1.82, 2.24) is 9.80 Å². The molecule has 1 unspecified atom stereocenters. The average molecular weight is 378 g/mol. The minimum atomic E-state index is -0.194. The zero-order valence-electron chi connectivity index (χ0n) is 17.3. The molecule has 2 aliphatic heterocycles. The van der Waals surface area contributed by atoms with Gasteiger partial charge in [-0.05, 0) is 44.4 Å². The Labute approximate surface area is 168 Å². The maximum absolute atomic E-state index is 12.2. The van der Waals surface area contributed by atoms with Gasteiger partial charge in [0.1, 0.15) is 6.17 Å². The maximum Gasteiger partial charge on any atom is 0.157 e. The van der Waals surface area contributed by atoms with Gasteiger partial charge in [0.2, 0.25) is 0 Å². The van der Waals surface area contributed by atoms with E-state index in [0.29, 0.717) is 0 Å². The monoisotopic (exact) mass is 377 g/mol. The van der Waals surface area contributed by atoms with Gasteiger partial charge in [-0.15, -0.1) is 0 Å². The molecule has 4 rings (SSSR count). The van der Waals surface area contributed by atoms with Crippen LogP contribution in [0.4, 0.5) is 5.69 Å². The number of fused-ring (bicyclic) bond motifs is 1.